The number of unbranched alkanes of at least 4 members (excludes halogenated alkanes) is 2. The molecule has 0 bridgehead atoms. The molecule has 10 heteroatoms. The van der Waals surface area contributed by atoms with E-state index in [0.29, 0.717) is 70.5 Å². The maximum atomic E-state index is 6.31. The van der Waals surface area contributed by atoms with Gasteiger partial charge in [-0.25, -0.2) is 0 Å². The van der Waals surface area contributed by atoms with Crippen LogP contribution in [0.4, 0.5) is 0 Å². The van der Waals surface area contributed by atoms with E-state index in [1.54, 1.807) is 0 Å². The molecule has 2 fully saturated rings. The van der Waals surface area contributed by atoms with Crippen LogP contribution in [0.5, 0.6) is 0 Å². The van der Waals surface area contributed by atoms with Crippen molar-refractivity contribution in [3.8, 4) is 0 Å². The van der Waals surface area contributed by atoms with Crippen LogP contribution in [0.15, 0.2) is 0 Å². The first-order valence-corrected chi connectivity index (χ1v) is 20.4. The standard InChI is InChI=1S/C41H82N2O8/c1-38(2,3)16-24-44-26-27-45-28-29-46-30-31-47-32-33-50-41(9,10)15-14-40(7,8)49-23-13-11-12-17-42-18-20-43(21-19-42)22-25-48-36-34-37(35-36)51-39(4,5)6/h36-37H,11-35H2,1-10H3. The van der Waals surface area contributed by atoms with E-state index in [0.717, 1.165) is 91.1 Å². The van der Waals surface area contributed by atoms with E-state index in [-0.39, 0.29) is 16.8 Å². The number of nitrogens with zero attached hydrogens (tertiary/aromatic N) is 2. The summed E-state index contributed by atoms with van der Waals surface area (Å²) in [5, 5.41) is 0. The van der Waals surface area contributed by atoms with Gasteiger partial charge in [0.05, 0.1) is 88.5 Å². The highest BCUT2D eigenvalue weighted by Gasteiger charge is 2.33. The Morgan fingerprint density at radius 1 is 0.451 bits per heavy atom. The van der Waals surface area contributed by atoms with Crippen LogP contribution in [0.25, 0.3) is 0 Å². The highest BCUT2D eigenvalue weighted by molar-refractivity contribution is 4.83. The van der Waals surface area contributed by atoms with Crippen molar-refractivity contribution in [2.24, 2.45) is 5.41 Å². The monoisotopic (exact) mass is 731 g/mol. The predicted octanol–water partition coefficient (Wildman–Crippen LogP) is 7.01. The summed E-state index contributed by atoms with van der Waals surface area (Å²) in [5.74, 6) is 0. The first-order valence-electron chi connectivity index (χ1n) is 20.4. The Morgan fingerprint density at radius 2 is 0.922 bits per heavy atom. The molecule has 0 radical (unpaired) electrons. The molecule has 1 saturated heterocycles. The predicted molar refractivity (Wildman–Crippen MR) is 207 cm³/mol. The van der Waals surface area contributed by atoms with Crippen LogP contribution in [0.1, 0.15) is 121 Å². The Hall–Kier alpha value is -0.400. The Morgan fingerprint density at radius 3 is 1.43 bits per heavy atom. The lowest BCUT2D eigenvalue weighted by atomic mass is 9.91. The summed E-state index contributed by atoms with van der Waals surface area (Å²) in [4.78, 5) is 5.17. The quantitative estimate of drug-likeness (QED) is 0.0721. The van der Waals surface area contributed by atoms with Gasteiger partial charge in [0.15, 0.2) is 0 Å². The number of rotatable bonds is 30. The van der Waals surface area contributed by atoms with Crippen molar-refractivity contribution in [2.75, 3.05) is 112 Å². The van der Waals surface area contributed by atoms with Crippen molar-refractivity contribution in [3.05, 3.63) is 0 Å². The van der Waals surface area contributed by atoms with Crippen LogP contribution in [0.2, 0.25) is 0 Å². The molecule has 0 N–H and O–H groups in total. The molecular formula is C41H82N2O8. The van der Waals surface area contributed by atoms with E-state index in [1.807, 2.05) is 0 Å². The normalized spacial score (nSPS) is 19.9. The van der Waals surface area contributed by atoms with Crippen molar-refractivity contribution in [1.29, 1.82) is 0 Å². The molecule has 0 spiro atoms. The van der Waals surface area contributed by atoms with Gasteiger partial charge < -0.3 is 42.8 Å². The van der Waals surface area contributed by atoms with Gasteiger partial charge in [0.1, 0.15) is 0 Å². The molecule has 0 aromatic carbocycles. The van der Waals surface area contributed by atoms with E-state index in [4.69, 9.17) is 37.9 Å². The fraction of sp³-hybridized carbons (Fsp3) is 1.00. The SMILES string of the molecule is CC(C)(C)CCOCCOCCOCCOCCOC(C)(C)CCC(C)(C)OCCCCCN1CCN(CCOC2CC(OC(C)(C)C)C2)CC1. The second-order valence-electron chi connectivity index (χ2n) is 18.0. The van der Waals surface area contributed by atoms with Gasteiger partial charge in [-0.15, -0.1) is 0 Å². The molecule has 0 unspecified atom stereocenters. The zero-order valence-corrected chi connectivity index (χ0v) is 35.0. The van der Waals surface area contributed by atoms with E-state index in [2.05, 4.69) is 79.0 Å². The van der Waals surface area contributed by atoms with Crippen LogP contribution >= 0.6 is 0 Å². The van der Waals surface area contributed by atoms with Crippen LogP contribution < -0.4 is 0 Å². The number of piperazine rings is 1. The maximum Gasteiger partial charge on any atom is 0.0707 e. The Kier molecular flexibility index (Phi) is 22.8. The van der Waals surface area contributed by atoms with Crippen molar-refractivity contribution < 1.29 is 37.9 Å². The molecule has 2 rings (SSSR count). The van der Waals surface area contributed by atoms with Crippen molar-refractivity contribution in [1.82, 2.24) is 9.80 Å². The van der Waals surface area contributed by atoms with Crippen LogP contribution in [-0.4, -0.2) is 151 Å². The Labute approximate surface area is 314 Å². The second-order valence-corrected chi connectivity index (χ2v) is 18.0. The smallest absolute Gasteiger partial charge is 0.0707 e. The molecular weight excluding hydrogens is 648 g/mol. The van der Waals surface area contributed by atoms with Gasteiger partial charge in [-0.2, -0.15) is 0 Å². The Balaban J connectivity index is 1.35. The van der Waals surface area contributed by atoms with Gasteiger partial charge >= 0.3 is 0 Å². The molecule has 51 heavy (non-hydrogen) atoms. The first-order chi connectivity index (χ1) is 24.0. The topological polar surface area (TPSA) is 80.3 Å². The molecule has 1 aliphatic carbocycles. The van der Waals surface area contributed by atoms with Crippen molar-refractivity contribution in [2.45, 2.75) is 150 Å². The van der Waals surface area contributed by atoms with E-state index < -0.39 is 0 Å². The Bertz CT molecular complexity index is 846. The van der Waals surface area contributed by atoms with E-state index in [9.17, 15) is 0 Å². The highest BCUT2D eigenvalue weighted by Crippen LogP contribution is 2.30. The highest BCUT2D eigenvalue weighted by atomic mass is 16.6. The average molecular weight is 731 g/mol. The largest absolute Gasteiger partial charge is 0.379 e. The van der Waals surface area contributed by atoms with Crippen LogP contribution in [0, 0.1) is 5.41 Å². The van der Waals surface area contributed by atoms with Crippen molar-refractivity contribution in [3.63, 3.8) is 0 Å². The zero-order chi connectivity index (χ0) is 37.6. The second kappa shape index (κ2) is 24.9. The molecule has 304 valence electrons. The zero-order valence-electron chi connectivity index (χ0n) is 35.0. The molecule has 0 aromatic heterocycles. The number of ether oxygens (including phenoxy) is 8. The number of hydrogen-bond donors (Lipinski definition) is 0. The summed E-state index contributed by atoms with van der Waals surface area (Å²) in [6.07, 6.45) is 9.38. The summed E-state index contributed by atoms with van der Waals surface area (Å²) in [6.45, 7) is 35.7. The minimum Gasteiger partial charge on any atom is -0.379 e. The van der Waals surface area contributed by atoms with Gasteiger partial charge in [0.25, 0.3) is 0 Å². The molecule has 2 aliphatic rings. The third-order valence-corrected chi connectivity index (χ3v) is 9.57. The van der Waals surface area contributed by atoms with Crippen molar-refractivity contribution >= 4 is 0 Å². The summed E-state index contributed by atoms with van der Waals surface area (Å²) in [7, 11) is 0. The van der Waals surface area contributed by atoms with Gasteiger partial charge in [-0.1, -0.05) is 20.8 Å². The van der Waals surface area contributed by atoms with Gasteiger partial charge in [-0.3, -0.25) is 4.90 Å². The minimum atomic E-state index is -0.215. The van der Waals surface area contributed by atoms with Gasteiger partial charge in [-0.05, 0) is 112 Å². The van der Waals surface area contributed by atoms with Gasteiger partial charge in [0, 0.05) is 45.9 Å². The van der Waals surface area contributed by atoms with E-state index in [1.165, 1.54) is 19.4 Å². The van der Waals surface area contributed by atoms with E-state index >= 15 is 0 Å². The molecule has 0 aromatic rings. The molecule has 0 amide bonds. The molecule has 0 atom stereocenters. The molecule has 1 heterocycles. The molecule has 1 aliphatic heterocycles. The maximum absolute atomic E-state index is 6.31. The lowest BCUT2D eigenvalue weighted by Gasteiger charge is -2.39. The lowest BCUT2D eigenvalue weighted by molar-refractivity contribution is -0.149. The summed E-state index contributed by atoms with van der Waals surface area (Å²) in [6, 6.07) is 0. The third kappa shape index (κ3) is 26.1. The average Bonchev–Trinajstić information content (AvgIpc) is 3.02. The lowest BCUT2D eigenvalue weighted by Crippen LogP contribution is -2.48. The minimum absolute atomic E-state index is 0.0530. The van der Waals surface area contributed by atoms with Crippen LogP contribution in [-0.2, 0) is 37.9 Å². The number of hydrogen-bond acceptors (Lipinski definition) is 10. The third-order valence-electron chi connectivity index (χ3n) is 9.57. The summed E-state index contributed by atoms with van der Waals surface area (Å²) in [5.41, 5.74) is -0.113. The first kappa shape index (κ1) is 46.8. The van der Waals surface area contributed by atoms with Crippen LogP contribution in [0.3, 0.4) is 0 Å². The van der Waals surface area contributed by atoms with Gasteiger partial charge in [0.2, 0.25) is 0 Å². The molecule has 10 nitrogen and oxygen atoms in total. The molecule has 1 saturated carbocycles. The summed E-state index contributed by atoms with van der Waals surface area (Å²) >= 11 is 0. The summed E-state index contributed by atoms with van der Waals surface area (Å²) < 4.78 is 47.0. The fourth-order valence-corrected chi connectivity index (χ4v) is 6.06. The fourth-order valence-electron chi connectivity index (χ4n) is 6.06.